The summed E-state index contributed by atoms with van der Waals surface area (Å²) in [5, 5.41) is 10.7. The molecule has 1 rings (SSSR count). The molecule has 0 fully saturated rings. The lowest BCUT2D eigenvalue weighted by Crippen LogP contribution is -2.29. The molecule has 6 heteroatoms. The first kappa shape index (κ1) is 13.6. The van der Waals surface area contributed by atoms with E-state index in [4.69, 9.17) is 10.00 Å². The van der Waals surface area contributed by atoms with E-state index in [2.05, 4.69) is 5.32 Å². The summed E-state index contributed by atoms with van der Waals surface area (Å²) in [6, 6.07) is 5.32. The zero-order valence-corrected chi connectivity index (χ0v) is 9.48. The monoisotopic (exact) mass is 250 g/mol. The third-order valence-corrected chi connectivity index (χ3v) is 2.02. The van der Waals surface area contributed by atoms with Gasteiger partial charge in [-0.1, -0.05) is 0 Å². The fraction of sp³-hybridized carbons (Fsp3) is 0.250. The van der Waals surface area contributed by atoms with E-state index >= 15 is 0 Å². The van der Waals surface area contributed by atoms with E-state index in [0.29, 0.717) is 6.29 Å². The van der Waals surface area contributed by atoms with Crippen molar-refractivity contribution >= 4 is 12.2 Å². The maximum absolute atomic E-state index is 12.8. The van der Waals surface area contributed by atoms with Crippen LogP contribution >= 0.6 is 0 Å². The highest BCUT2D eigenvalue weighted by molar-refractivity contribution is 5.80. The van der Waals surface area contributed by atoms with Crippen LogP contribution in [-0.4, -0.2) is 25.3 Å². The van der Waals surface area contributed by atoms with Gasteiger partial charge in [-0.25, -0.2) is 4.39 Å². The Morgan fingerprint density at radius 3 is 3.00 bits per heavy atom. The second-order valence-electron chi connectivity index (χ2n) is 3.35. The average Bonchev–Trinajstić information content (AvgIpc) is 2.37. The fourth-order valence-electron chi connectivity index (χ4n) is 1.20. The number of nitrogens with zero attached hydrogens (tertiary/aromatic N) is 1. The molecule has 0 aliphatic rings. The molecular formula is C12H11FN2O3. The molecule has 0 heterocycles. The molecule has 5 nitrogen and oxygen atoms in total. The van der Waals surface area contributed by atoms with Crippen molar-refractivity contribution in [3.63, 3.8) is 0 Å². The number of rotatable bonds is 6. The molecular weight excluding hydrogens is 239 g/mol. The largest absolute Gasteiger partial charge is 0.483 e. The van der Waals surface area contributed by atoms with Gasteiger partial charge in [0.15, 0.2) is 12.9 Å². The van der Waals surface area contributed by atoms with Crippen LogP contribution in [0, 0.1) is 17.1 Å². The Kier molecular flexibility index (Phi) is 5.32. The molecule has 1 aromatic rings. The Morgan fingerprint density at radius 2 is 2.33 bits per heavy atom. The molecule has 1 N–H and O–H groups in total. The fourth-order valence-corrected chi connectivity index (χ4v) is 1.20. The van der Waals surface area contributed by atoms with Crippen molar-refractivity contribution < 1.29 is 18.7 Å². The van der Waals surface area contributed by atoms with Crippen molar-refractivity contribution in [2.45, 2.75) is 6.42 Å². The van der Waals surface area contributed by atoms with E-state index in [1.807, 2.05) is 6.07 Å². The number of hydrogen-bond acceptors (Lipinski definition) is 4. The predicted octanol–water partition coefficient (Wildman–Crippen LogP) is 1.05. The van der Waals surface area contributed by atoms with E-state index in [0.717, 1.165) is 12.1 Å². The van der Waals surface area contributed by atoms with Gasteiger partial charge in [-0.3, -0.25) is 9.59 Å². The van der Waals surface area contributed by atoms with Crippen LogP contribution in [0.1, 0.15) is 16.8 Å². The molecule has 0 aliphatic carbocycles. The molecule has 0 saturated carbocycles. The zero-order valence-electron chi connectivity index (χ0n) is 9.48. The van der Waals surface area contributed by atoms with Crippen LogP contribution in [0.2, 0.25) is 0 Å². The summed E-state index contributed by atoms with van der Waals surface area (Å²) < 4.78 is 17.9. The van der Waals surface area contributed by atoms with E-state index in [1.54, 1.807) is 0 Å². The molecule has 0 bridgehead atoms. The summed E-state index contributed by atoms with van der Waals surface area (Å²) in [6.07, 6.45) is 0.661. The van der Waals surface area contributed by atoms with Crippen LogP contribution in [-0.2, 0) is 4.79 Å². The van der Waals surface area contributed by atoms with Gasteiger partial charge in [-0.05, 0) is 18.2 Å². The number of carbonyl (C=O) groups excluding carboxylic acids is 2. The van der Waals surface area contributed by atoms with Crippen molar-refractivity contribution in [2.24, 2.45) is 0 Å². The summed E-state index contributed by atoms with van der Waals surface area (Å²) in [4.78, 5) is 21.9. The molecule has 0 aliphatic heterocycles. The molecule has 0 saturated heterocycles. The molecule has 94 valence electrons. The van der Waals surface area contributed by atoms with E-state index < -0.39 is 11.7 Å². The third kappa shape index (κ3) is 4.22. The summed E-state index contributed by atoms with van der Waals surface area (Å²) in [5.74, 6) is -0.823. The Labute approximate surface area is 103 Å². The number of nitrogens with one attached hydrogen (secondary N) is 1. The normalized spacial score (nSPS) is 9.33. The summed E-state index contributed by atoms with van der Waals surface area (Å²) in [5.41, 5.74) is 0.0415. The minimum atomic E-state index is -0.553. The van der Waals surface area contributed by atoms with Gasteiger partial charge in [0.05, 0.1) is 18.1 Å². The minimum absolute atomic E-state index is 0.0415. The molecule has 0 radical (unpaired) electrons. The SMILES string of the molecule is N#CCCNC(=O)COc1ccc(F)cc1C=O. The van der Waals surface area contributed by atoms with Gasteiger partial charge in [-0.15, -0.1) is 0 Å². The van der Waals surface area contributed by atoms with Crippen LogP contribution in [0.15, 0.2) is 18.2 Å². The number of hydrogen-bond donors (Lipinski definition) is 1. The summed E-state index contributed by atoms with van der Waals surface area (Å²) in [6.45, 7) is -0.0550. The van der Waals surface area contributed by atoms with Gasteiger partial charge in [0.25, 0.3) is 5.91 Å². The molecule has 1 amide bonds. The first-order valence-corrected chi connectivity index (χ1v) is 5.18. The first-order chi connectivity index (χ1) is 8.67. The van der Waals surface area contributed by atoms with Gasteiger partial charge < -0.3 is 10.1 Å². The molecule has 1 aromatic carbocycles. The topological polar surface area (TPSA) is 79.2 Å². The van der Waals surface area contributed by atoms with Gasteiger partial charge in [0, 0.05) is 6.54 Å². The maximum atomic E-state index is 12.8. The second-order valence-corrected chi connectivity index (χ2v) is 3.35. The van der Waals surface area contributed by atoms with Crippen molar-refractivity contribution in [1.82, 2.24) is 5.32 Å². The summed E-state index contributed by atoms with van der Waals surface area (Å²) >= 11 is 0. The molecule has 0 atom stereocenters. The van der Waals surface area contributed by atoms with Gasteiger partial charge in [0.1, 0.15) is 11.6 Å². The highest BCUT2D eigenvalue weighted by atomic mass is 19.1. The lowest BCUT2D eigenvalue weighted by atomic mass is 10.2. The van der Waals surface area contributed by atoms with Crippen molar-refractivity contribution in [3.05, 3.63) is 29.6 Å². The van der Waals surface area contributed by atoms with E-state index in [-0.39, 0.29) is 30.9 Å². The standard InChI is InChI=1S/C12H11FN2O3/c13-10-2-3-11(9(6-10)7-16)18-8-12(17)15-5-1-4-14/h2-3,6-7H,1,5,8H2,(H,15,17). The van der Waals surface area contributed by atoms with E-state index in [1.165, 1.54) is 6.07 Å². The number of carbonyl (C=O) groups is 2. The Bertz CT molecular complexity index is 483. The number of aldehydes is 1. The summed E-state index contributed by atoms with van der Waals surface area (Å²) in [7, 11) is 0. The smallest absolute Gasteiger partial charge is 0.257 e. The quantitative estimate of drug-likeness (QED) is 0.604. The lowest BCUT2D eigenvalue weighted by molar-refractivity contribution is -0.123. The molecule has 0 aromatic heterocycles. The number of halogens is 1. The highest BCUT2D eigenvalue weighted by Gasteiger charge is 2.07. The first-order valence-electron chi connectivity index (χ1n) is 5.18. The van der Waals surface area contributed by atoms with Crippen LogP contribution in [0.3, 0.4) is 0 Å². The van der Waals surface area contributed by atoms with Crippen LogP contribution in [0.4, 0.5) is 4.39 Å². The van der Waals surface area contributed by atoms with Crippen molar-refractivity contribution in [2.75, 3.05) is 13.2 Å². The Balaban J connectivity index is 2.51. The molecule has 18 heavy (non-hydrogen) atoms. The van der Waals surface area contributed by atoms with Crippen molar-refractivity contribution in [3.8, 4) is 11.8 Å². The minimum Gasteiger partial charge on any atom is -0.483 e. The van der Waals surface area contributed by atoms with Gasteiger partial charge >= 0.3 is 0 Å². The van der Waals surface area contributed by atoms with E-state index in [9.17, 15) is 14.0 Å². The number of amides is 1. The number of ether oxygens (including phenoxy) is 1. The van der Waals surface area contributed by atoms with Gasteiger partial charge in [0.2, 0.25) is 0 Å². The predicted molar refractivity (Wildman–Crippen MR) is 60.5 cm³/mol. The molecule has 0 unspecified atom stereocenters. The Morgan fingerprint density at radius 1 is 1.56 bits per heavy atom. The van der Waals surface area contributed by atoms with Crippen LogP contribution in [0.25, 0.3) is 0 Å². The highest BCUT2D eigenvalue weighted by Crippen LogP contribution is 2.17. The number of benzene rings is 1. The van der Waals surface area contributed by atoms with Gasteiger partial charge in [-0.2, -0.15) is 5.26 Å². The van der Waals surface area contributed by atoms with Crippen LogP contribution in [0.5, 0.6) is 5.75 Å². The maximum Gasteiger partial charge on any atom is 0.257 e. The third-order valence-electron chi connectivity index (χ3n) is 2.02. The number of nitriles is 1. The Hall–Kier alpha value is -2.42. The van der Waals surface area contributed by atoms with Crippen LogP contribution < -0.4 is 10.1 Å². The van der Waals surface area contributed by atoms with Crippen molar-refractivity contribution in [1.29, 1.82) is 5.26 Å². The molecule has 0 spiro atoms. The average molecular weight is 250 g/mol. The second kappa shape index (κ2) is 7.01. The zero-order chi connectivity index (χ0) is 13.4. The lowest BCUT2D eigenvalue weighted by Gasteiger charge is -2.08.